The molecule has 42 heavy (non-hydrogen) atoms. The van der Waals surface area contributed by atoms with E-state index in [0.29, 0.717) is 25.9 Å². The Bertz CT molecular complexity index is 1140. The third kappa shape index (κ3) is 10.2. The Morgan fingerprint density at radius 1 is 1.02 bits per heavy atom. The zero-order valence-corrected chi connectivity index (χ0v) is 26.9. The molecule has 8 nitrogen and oxygen atoms in total. The minimum atomic E-state index is -0.677. The third-order valence-electron chi connectivity index (χ3n) is 8.04. The van der Waals surface area contributed by atoms with Gasteiger partial charge in [0.25, 0.3) is 0 Å². The van der Waals surface area contributed by atoms with Crippen LogP contribution >= 0.6 is 11.3 Å². The van der Waals surface area contributed by atoms with Gasteiger partial charge in [-0.2, -0.15) is 0 Å². The van der Waals surface area contributed by atoms with Gasteiger partial charge < -0.3 is 21.3 Å². The lowest BCUT2D eigenvalue weighted by atomic mass is 9.85. The molecule has 9 heteroatoms. The summed E-state index contributed by atoms with van der Waals surface area (Å²) in [4.78, 5) is 46.9. The number of thiazole rings is 1. The SMILES string of the molecule is Cc1ncsc1-c1ccc(CNC(=O)[C@@H]2CCCN2C(=O)[C@@H](NC(=O)CCCCCCCCCCN)C(C)(C)C)cc1. The van der Waals surface area contributed by atoms with Crippen LogP contribution in [0.4, 0.5) is 0 Å². The monoisotopic (exact) mass is 597 g/mol. The lowest BCUT2D eigenvalue weighted by Gasteiger charge is -2.35. The van der Waals surface area contributed by atoms with Crippen LogP contribution in [-0.2, 0) is 20.9 Å². The Balaban J connectivity index is 1.48. The van der Waals surface area contributed by atoms with Gasteiger partial charge in [0.05, 0.1) is 16.1 Å². The number of nitrogens with zero attached hydrogens (tertiary/aromatic N) is 2. The second kappa shape index (κ2) is 16.8. The van der Waals surface area contributed by atoms with Gasteiger partial charge >= 0.3 is 0 Å². The Hall–Kier alpha value is -2.78. The summed E-state index contributed by atoms with van der Waals surface area (Å²) in [7, 11) is 0. The predicted molar refractivity (Wildman–Crippen MR) is 171 cm³/mol. The van der Waals surface area contributed by atoms with Crippen LogP contribution in [0, 0.1) is 12.3 Å². The molecule has 1 saturated heterocycles. The highest BCUT2D eigenvalue weighted by molar-refractivity contribution is 7.13. The van der Waals surface area contributed by atoms with E-state index in [0.717, 1.165) is 60.3 Å². The second-order valence-corrected chi connectivity index (χ2v) is 13.5. The average Bonchev–Trinajstić information content (AvgIpc) is 3.62. The van der Waals surface area contributed by atoms with Crippen molar-refractivity contribution in [1.29, 1.82) is 0 Å². The summed E-state index contributed by atoms with van der Waals surface area (Å²) in [6.07, 6.45) is 10.7. The molecule has 0 bridgehead atoms. The molecule has 3 rings (SSSR count). The van der Waals surface area contributed by atoms with Crippen LogP contribution in [0.25, 0.3) is 10.4 Å². The highest BCUT2D eigenvalue weighted by Gasteiger charge is 2.41. The molecule has 1 fully saturated rings. The minimum Gasteiger partial charge on any atom is -0.350 e. The van der Waals surface area contributed by atoms with E-state index in [-0.39, 0.29) is 17.7 Å². The quantitative estimate of drug-likeness (QED) is 0.214. The molecule has 0 saturated carbocycles. The van der Waals surface area contributed by atoms with Crippen molar-refractivity contribution in [3.8, 4) is 10.4 Å². The smallest absolute Gasteiger partial charge is 0.246 e. The molecule has 232 valence electrons. The van der Waals surface area contributed by atoms with Crippen LogP contribution in [0.5, 0.6) is 0 Å². The summed E-state index contributed by atoms with van der Waals surface area (Å²) >= 11 is 1.62. The van der Waals surface area contributed by atoms with Gasteiger partial charge in [-0.15, -0.1) is 11.3 Å². The number of benzene rings is 1. The summed E-state index contributed by atoms with van der Waals surface area (Å²) in [5, 5.41) is 6.05. The molecule has 0 spiro atoms. The first-order valence-electron chi connectivity index (χ1n) is 15.7. The van der Waals surface area contributed by atoms with Gasteiger partial charge in [-0.3, -0.25) is 14.4 Å². The molecular weight excluding hydrogens is 546 g/mol. The van der Waals surface area contributed by atoms with Crippen molar-refractivity contribution in [3.63, 3.8) is 0 Å². The van der Waals surface area contributed by atoms with E-state index in [9.17, 15) is 14.4 Å². The molecule has 2 heterocycles. The fourth-order valence-corrected chi connectivity index (χ4v) is 6.31. The maximum Gasteiger partial charge on any atom is 0.246 e. The Morgan fingerprint density at radius 3 is 2.26 bits per heavy atom. The highest BCUT2D eigenvalue weighted by Crippen LogP contribution is 2.28. The van der Waals surface area contributed by atoms with E-state index in [1.54, 1.807) is 16.2 Å². The predicted octanol–water partition coefficient (Wildman–Crippen LogP) is 5.73. The van der Waals surface area contributed by atoms with E-state index in [4.69, 9.17) is 5.73 Å². The molecule has 1 aromatic heterocycles. The van der Waals surface area contributed by atoms with Crippen molar-refractivity contribution in [3.05, 3.63) is 41.0 Å². The van der Waals surface area contributed by atoms with Crippen molar-refractivity contribution in [2.24, 2.45) is 11.1 Å². The number of carbonyl (C=O) groups is 3. The summed E-state index contributed by atoms with van der Waals surface area (Å²) in [6.45, 7) is 9.57. The Morgan fingerprint density at radius 2 is 1.67 bits per heavy atom. The zero-order chi connectivity index (χ0) is 30.5. The largest absolute Gasteiger partial charge is 0.350 e. The van der Waals surface area contributed by atoms with Gasteiger partial charge in [0, 0.05) is 19.5 Å². The molecule has 1 aliphatic rings. The fourth-order valence-electron chi connectivity index (χ4n) is 5.50. The Labute approximate surface area is 256 Å². The Kier molecular flexibility index (Phi) is 13.4. The first-order chi connectivity index (χ1) is 20.1. The lowest BCUT2D eigenvalue weighted by molar-refractivity contribution is -0.143. The topological polar surface area (TPSA) is 117 Å². The molecule has 0 radical (unpaired) electrons. The van der Waals surface area contributed by atoms with Gasteiger partial charge in [0.1, 0.15) is 12.1 Å². The highest BCUT2D eigenvalue weighted by atomic mass is 32.1. The van der Waals surface area contributed by atoms with Crippen molar-refractivity contribution in [2.45, 2.75) is 117 Å². The number of nitrogens with one attached hydrogen (secondary N) is 2. The standard InChI is InChI=1S/C33H51N5O3S/c1-24-29(42-23-36-24)26-18-16-25(17-19-26)22-35-31(40)27-14-13-21-38(27)32(41)30(33(2,3)4)37-28(39)15-11-9-7-5-6-8-10-12-20-34/h16-19,23,27,30H,5-15,20-22,34H2,1-4H3,(H,35,40)(H,37,39)/t27-,30+/m0/s1. The first-order valence-corrected chi connectivity index (χ1v) is 16.6. The molecule has 1 aromatic carbocycles. The van der Waals surface area contributed by atoms with E-state index >= 15 is 0 Å². The summed E-state index contributed by atoms with van der Waals surface area (Å²) in [5.41, 5.74) is 10.0. The third-order valence-corrected chi connectivity index (χ3v) is 9.02. The van der Waals surface area contributed by atoms with Gasteiger partial charge in [0.2, 0.25) is 17.7 Å². The summed E-state index contributed by atoms with van der Waals surface area (Å²) < 4.78 is 0. The molecule has 0 aliphatic carbocycles. The maximum atomic E-state index is 13.7. The number of nitrogens with two attached hydrogens (primary N) is 1. The van der Waals surface area contributed by atoms with Crippen LogP contribution < -0.4 is 16.4 Å². The number of likely N-dealkylation sites (tertiary alicyclic amines) is 1. The van der Waals surface area contributed by atoms with Crippen LogP contribution in [-0.4, -0.2) is 52.8 Å². The molecule has 2 aromatic rings. The van der Waals surface area contributed by atoms with Gasteiger partial charge in [-0.05, 0) is 55.7 Å². The van der Waals surface area contributed by atoms with Gasteiger partial charge in [-0.1, -0.05) is 83.6 Å². The van der Waals surface area contributed by atoms with Gasteiger partial charge in [-0.25, -0.2) is 4.98 Å². The zero-order valence-electron chi connectivity index (χ0n) is 26.0. The lowest BCUT2D eigenvalue weighted by Crippen LogP contribution is -2.57. The number of amides is 3. The summed E-state index contributed by atoms with van der Waals surface area (Å²) in [6, 6.07) is 6.93. The molecular formula is C33H51N5O3S. The second-order valence-electron chi connectivity index (χ2n) is 12.6. The molecule has 0 unspecified atom stereocenters. The first kappa shape index (κ1) is 33.7. The van der Waals surface area contributed by atoms with Crippen molar-refractivity contribution in [1.82, 2.24) is 20.5 Å². The summed E-state index contributed by atoms with van der Waals surface area (Å²) in [5.74, 6) is -0.413. The number of aromatic nitrogens is 1. The van der Waals surface area contributed by atoms with Crippen LogP contribution in [0.1, 0.15) is 103 Å². The van der Waals surface area contributed by atoms with Crippen molar-refractivity contribution in [2.75, 3.05) is 13.1 Å². The molecule has 1 aliphatic heterocycles. The maximum absolute atomic E-state index is 13.7. The number of carbonyl (C=O) groups excluding carboxylic acids is 3. The number of hydrogen-bond acceptors (Lipinski definition) is 6. The van der Waals surface area contributed by atoms with E-state index < -0.39 is 17.5 Å². The van der Waals surface area contributed by atoms with Crippen LogP contribution in [0.2, 0.25) is 0 Å². The molecule has 3 amide bonds. The number of unbranched alkanes of at least 4 members (excludes halogenated alkanes) is 7. The van der Waals surface area contributed by atoms with E-state index in [1.807, 2.05) is 45.3 Å². The minimum absolute atomic E-state index is 0.0941. The number of aryl methyl sites for hydroxylation is 1. The average molecular weight is 598 g/mol. The van der Waals surface area contributed by atoms with Crippen molar-refractivity contribution >= 4 is 29.1 Å². The number of hydrogen-bond donors (Lipinski definition) is 3. The van der Waals surface area contributed by atoms with E-state index in [2.05, 4.69) is 27.8 Å². The fraction of sp³-hybridized carbons (Fsp3) is 0.636. The van der Waals surface area contributed by atoms with Crippen molar-refractivity contribution < 1.29 is 14.4 Å². The van der Waals surface area contributed by atoms with Crippen LogP contribution in [0.3, 0.4) is 0 Å². The number of rotatable bonds is 16. The molecule has 2 atom stereocenters. The molecule has 4 N–H and O–H groups in total. The normalized spacial score (nSPS) is 15.9. The van der Waals surface area contributed by atoms with Gasteiger partial charge in [0.15, 0.2) is 0 Å². The van der Waals surface area contributed by atoms with Crippen LogP contribution in [0.15, 0.2) is 29.8 Å². The van der Waals surface area contributed by atoms with E-state index in [1.165, 1.54) is 25.7 Å².